The van der Waals surface area contributed by atoms with Crippen molar-refractivity contribution in [1.29, 1.82) is 0 Å². The first-order chi connectivity index (χ1) is 22.6. The molecule has 7 aromatic carbocycles. The summed E-state index contributed by atoms with van der Waals surface area (Å²) in [5.74, 6) is 0. The number of anilines is 6. The number of rotatable bonds is 8. The summed E-state index contributed by atoms with van der Waals surface area (Å²) in [5.41, 5.74) is 11.7. The number of para-hydroxylation sites is 2. The Labute approximate surface area is 272 Å². The summed E-state index contributed by atoms with van der Waals surface area (Å²) < 4.78 is 0. The number of aryl methyl sites for hydroxylation is 2. The van der Waals surface area contributed by atoms with Crippen LogP contribution in [0.4, 0.5) is 34.1 Å². The fraction of sp³-hybridized carbons (Fsp3) is 0.0455. The van der Waals surface area contributed by atoms with Crippen molar-refractivity contribution in [1.82, 2.24) is 0 Å². The Hall–Kier alpha value is -5.86. The number of hydrogen-bond acceptors (Lipinski definition) is 2. The van der Waals surface area contributed by atoms with Crippen LogP contribution in [0.5, 0.6) is 0 Å². The molecule has 7 rings (SSSR count). The van der Waals surface area contributed by atoms with Gasteiger partial charge in [0.05, 0.1) is 0 Å². The molecule has 0 aromatic heterocycles. The lowest BCUT2D eigenvalue weighted by molar-refractivity contribution is 1.25. The van der Waals surface area contributed by atoms with Crippen LogP contribution in [0.3, 0.4) is 0 Å². The molecule has 0 atom stereocenters. The monoisotopic (exact) mass is 592 g/mol. The highest BCUT2D eigenvalue weighted by Gasteiger charge is 2.14. The van der Waals surface area contributed by atoms with Gasteiger partial charge in [-0.3, -0.25) is 0 Å². The second kappa shape index (κ2) is 13.0. The van der Waals surface area contributed by atoms with Gasteiger partial charge >= 0.3 is 0 Å². The molecule has 0 radical (unpaired) electrons. The second-order valence-electron chi connectivity index (χ2n) is 11.7. The molecular formula is C44H36N2. The van der Waals surface area contributed by atoms with Gasteiger partial charge in [0.1, 0.15) is 0 Å². The average Bonchev–Trinajstić information content (AvgIpc) is 3.09. The maximum absolute atomic E-state index is 2.32. The lowest BCUT2D eigenvalue weighted by Crippen LogP contribution is -2.10. The van der Waals surface area contributed by atoms with Crippen molar-refractivity contribution in [2.24, 2.45) is 0 Å². The lowest BCUT2D eigenvalue weighted by Gasteiger charge is -2.26. The van der Waals surface area contributed by atoms with E-state index in [1.807, 2.05) is 0 Å². The Morgan fingerprint density at radius 1 is 0.326 bits per heavy atom. The summed E-state index contributed by atoms with van der Waals surface area (Å²) in [7, 11) is 0. The van der Waals surface area contributed by atoms with Crippen molar-refractivity contribution < 1.29 is 0 Å². The molecule has 2 heteroatoms. The molecule has 0 spiro atoms. The van der Waals surface area contributed by atoms with Crippen molar-refractivity contribution in [2.75, 3.05) is 9.80 Å². The van der Waals surface area contributed by atoms with E-state index in [-0.39, 0.29) is 0 Å². The van der Waals surface area contributed by atoms with Crippen LogP contribution in [-0.2, 0) is 0 Å². The van der Waals surface area contributed by atoms with Gasteiger partial charge in [-0.1, -0.05) is 109 Å². The van der Waals surface area contributed by atoms with Gasteiger partial charge in [-0.2, -0.15) is 0 Å². The van der Waals surface area contributed by atoms with Crippen molar-refractivity contribution >= 4 is 57.0 Å². The van der Waals surface area contributed by atoms with Crippen LogP contribution < -0.4 is 9.80 Å². The molecule has 0 saturated carbocycles. The minimum Gasteiger partial charge on any atom is -0.310 e. The SMILES string of the molecule is Cc1cc(C)cc(N(c2ccccc2)c2ccc(C=Cc3ccc(N(c4ccccc4)c4ccc5ccccc5c4)cc3)cc2)c1. The number of hydrogen-bond donors (Lipinski definition) is 0. The highest BCUT2D eigenvalue weighted by molar-refractivity contribution is 5.89. The maximum atomic E-state index is 2.32. The van der Waals surface area contributed by atoms with Crippen LogP contribution in [0, 0.1) is 13.8 Å². The van der Waals surface area contributed by atoms with E-state index in [4.69, 9.17) is 0 Å². The topological polar surface area (TPSA) is 6.48 Å². The molecule has 0 unspecified atom stereocenters. The maximum Gasteiger partial charge on any atom is 0.0468 e. The average molecular weight is 593 g/mol. The molecule has 2 nitrogen and oxygen atoms in total. The fourth-order valence-corrected chi connectivity index (χ4v) is 6.11. The number of benzene rings is 7. The van der Waals surface area contributed by atoms with Gasteiger partial charge in [-0.25, -0.2) is 0 Å². The molecule has 0 heterocycles. The Bertz CT molecular complexity index is 2080. The summed E-state index contributed by atoms with van der Waals surface area (Å²) >= 11 is 0. The quantitative estimate of drug-likeness (QED) is 0.162. The largest absolute Gasteiger partial charge is 0.310 e. The Morgan fingerprint density at radius 3 is 1.26 bits per heavy atom. The number of fused-ring (bicyclic) bond motifs is 1. The van der Waals surface area contributed by atoms with Crippen LogP contribution in [0.1, 0.15) is 22.3 Å². The molecule has 222 valence electrons. The first-order valence-electron chi connectivity index (χ1n) is 15.8. The minimum atomic E-state index is 1.12. The molecule has 0 aliphatic heterocycles. The molecule has 0 saturated heterocycles. The third-order valence-electron chi connectivity index (χ3n) is 8.26. The highest BCUT2D eigenvalue weighted by atomic mass is 15.1. The molecule has 0 fully saturated rings. The van der Waals surface area contributed by atoms with Crippen LogP contribution in [0.2, 0.25) is 0 Å². The van der Waals surface area contributed by atoms with Gasteiger partial charge in [0, 0.05) is 34.1 Å². The van der Waals surface area contributed by atoms with Crippen molar-refractivity contribution in [3.63, 3.8) is 0 Å². The van der Waals surface area contributed by atoms with E-state index in [9.17, 15) is 0 Å². The lowest BCUT2D eigenvalue weighted by atomic mass is 10.1. The van der Waals surface area contributed by atoms with E-state index < -0.39 is 0 Å². The Morgan fingerprint density at radius 2 is 0.739 bits per heavy atom. The van der Waals surface area contributed by atoms with Crippen molar-refractivity contribution in [2.45, 2.75) is 13.8 Å². The zero-order valence-corrected chi connectivity index (χ0v) is 26.2. The summed E-state index contributed by atoms with van der Waals surface area (Å²) in [5, 5.41) is 2.47. The predicted octanol–water partition coefficient (Wildman–Crippen LogP) is 12.6. The molecule has 46 heavy (non-hydrogen) atoms. The summed E-state index contributed by atoms with van der Waals surface area (Å²) in [6, 6.07) is 60.6. The van der Waals surface area contributed by atoms with E-state index in [0.717, 1.165) is 39.6 Å². The zero-order valence-electron chi connectivity index (χ0n) is 26.2. The van der Waals surface area contributed by atoms with Gasteiger partial charge in [-0.15, -0.1) is 0 Å². The van der Waals surface area contributed by atoms with Crippen LogP contribution >= 0.6 is 0 Å². The van der Waals surface area contributed by atoms with E-state index in [1.165, 1.54) is 27.6 Å². The molecule has 0 aliphatic carbocycles. The van der Waals surface area contributed by atoms with Crippen molar-refractivity contribution in [3.8, 4) is 0 Å². The van der Waals surface area contributed by atoms with E-state index in [0.29, 0.717) is 0 Å². The van der Waals surface area contributed by atoms with E-state index >= 15 is 0 Å². The van der Waals surface area contributed by atoms with Crippen LogP contribution in [-0.4, -0.2) is 0 Å². The molecule has 0 amide bonds. The van der Waals surface area contributed by atoms with E-state index in [1.54, 1.807) is 0 Å². The minimum absolute atomic E-state index is 1.12. The molecule has 0 bridgehead atoms. The van der Waals surface area contributed by atoms with Gasteiger partial charge < -0.3 is 9.80 Å². The van der Waals surface area contributed by atoms with Gasteiger partial charge in [0.25, 0.3) is 0 Å². The van der Waals surface area contributed by atoms with Crippen LogP contribution in [0.15, 0.2) is 170 Å². The Balaban J connectivity index is 1.14. The number of nitrogens with zero attached hydrogens (tertiary/aromatic N) is 2. The first kappa shape index (κ1) is 28.9. The van der Waals surface area contributed by atoms with Gasteiger partial charge in [0.2, 0.25) is 0 Å². The normalized spacial score (nSPS) is 11.2. The summed E-state index contributed by atoms with van der Waals surface area (Å²) in [4.78, 5) is 4.63. The third kappa shape index (κ3) is 6.33. The predicted molar refractivity (Wildman–Crippen MR) is 198 cm³/mol. The standard InChI is InChI=1S/C44H36N2/c1-33-29-34(2)31-44(30-33)46(40-15-7-4-8-16-40)42-26-21-36(22-27-42)18-17-35-19-24-41(25-20-35)45(39-13-5-3-6-14-39)43-28-23-37-11-9-10-12-38(37)32-43/h3-32H,1-2H3. The molecule has 0 N–H and O–H groups in total. The molecule has 7 aromatic rings. The third-order valence-corrected chi connectivity index (χ3v) is 8.26. The Kier molecular flexibility index (Phi) is 8.17. The smallest absolute Gasteiger partial charge is 0.0468 e. The molecule has 0 aliphatic rings. The molecular weight excluding hydrogens is 556 g/mol. The first-order valence-corrected chi connectivity index (χ1v) is 15.8. The second-order valence-corrected chi connectivity index (χ2v) is 11.7. The van der Waals surface area contributed by atoms with Gasteiger partial charge in [-0.05, 0) is 120 Å². The summed E-state index contributed by atoms with van der Waals surface area (Å²) in [6.07, 6.45) is 4.36. The van der Waals surface area contributed by atoms with Crippen molar-refractivity contribution in [3.05, 3.63) is 192 Å². The van der Waals surface area contributed by atoms with Gasteiger partial charge in [0.15, 0.2) is 0 Å². The van der Waals surface area contributed by atoms with Crippen LogP contribution in [0.25, 0.3) is 22.9 Å². The van der Waals surface area contributed by atoms with E-state index in [2.05, 4.69) is 206 Å². The zero-order chi connectivity index (χ0) is 31.3. The fourth-order valence-electron chi connectivity index (χ4n) is 6.11. The highest BCUT2D eigenvalue weighted by Crippen LogP contribution is 2.37. The summed E-state index contributed by atoms with van der Waals surface area (Å²) in [6.45, 7) is 4.31.